The van der Waals surface area contributed by atoms with Crippen LogP contribution in [0.15, 0.2) is 219 Å². The molecule has 0 unspecified atom stereocenters. The van der Waals surface area contributed by atoms with Crippen LogP contribution in [-0.2, 0) is 94.1 Å². The Balaban J connectivity index is 0.0000000947. The smallest absolute Gasteiger partial charge is 0.251 e. The van der Waals surface area contributed by atoms with Crippen LogP contribution < -0.4 is 11.1 Å². The number of aromatic hydroxyl groups is 3. The van der Waals surface area contributed by atoms with E-state index in [1.54, 1.807) is 58.0 Å². The number of carbonyl (C=O) groups excluding carboxylic acids is 1. The Morgan fingerprint density at radius 2 is 0.800 bits per heavy atom. The summed E-state index contributed by atoms with van der Waals surface area (Å²) in [4.78, 5) is 43.6. The number of rotatable bonds is 10. The average Bonchev–Trinajstić information content (AvgIpc) is 1.81. The molecule has 0 radical (unpaired) electrons. The largest absolute Gasteiger partial charge is 0.508 e. The lowest BCUT2D eigenvalue weighted by Crippen LogP contribution is -2.43. The molecule has 11 aromatic heterocycles. The highest BCUT2D eigenvalue weighted by atomic mass is 32.2. The first-order valence-electron chi connectivity index (χ1n) is 53.1. The van der Waals surface area contributed by atoms with Crippen LogP contribution in [0.2, 0.25) is 0 Å². The maximum Gasteiger partial charge on any atom is 0.251 e. The molecule has 0 atom stereocenters. The van der Waals surface area contributed by atoms with Crippen molar-refractivity contribution in [2.75, 3.05) is 44.8 Å². The van der Waals surface area contributed by atoms with Crippen molar-refractivity contribution in [1.29, 1.82) is 0 Å². The summed E-state index contributed by atoms with van der Waals surface area (Å²) < 4.78 is 28.6. The molecule has 8 aliphatic carbocycles. The molecule has 0 bridgehead atoms. The van der Waals surface area contributed by atoms with E-state index in [9.17, 15) is 28.5 Å². The van der Waals surface area contributed by atoms with E-state index in [4.69, 9.17) is 30.7 Å². The number of phenols is 3. The number of likely N-dealkylation sites (N-methyl/N-ethyl adjacent to an activating group) is 1. The third-order valence-electron chi connectivity index (χ3n) is 32.6. The van der Waals surface area contributed by atoms with Gasteiger partial charge in [-0.25, -0.2) is 33.3 Å². The van der Waals surface area contributed by atoms with Gasteiger partial charge in [-0.3, -0.25) is 24.8 Å². The molecule has 12 heterocycles. The first-order valence-corrected chi connectivity index (χ1v) is 55.0. The lowest BCUT2D eigenvalue weighted by atomic mass is 9.85. The van der Waals surface area contributed by atoms with E-state index in [1.807, 2.05) is 98.6 Å². The second-order valence-electron chi connectivity index (χ2n) is 41.9. The zero-order chi connectivity index (χ0) is 101. The molecule has 21 aromatic rings. The third kappa shape index (κ3) is 16.9. The van der Waals surface area contributed by atoms with Crippen molar-refractivity contribution in [2.24, 2.45) is 18.7 Å². The first kappa shape index (κ1) is 93.5. The number of H-pyrrole nitrogens is 3. The number of hydrogen-bond acceptors (Lipinski definition) is 21. The van der Waals surface area contributed by atoms with Gasteiger partial charge in [0.2, 0.25) is 0 Å². The van der Waals surface area contributed by atoms with Crippen molar-refractivity contribution in [3.05, 3.63) is 297 Å². The van der Waals surface area contributed by atoms with Gasteiger partial charge in [0.05, 0.1) is 120 Å². The average molecular weight is 2000 g/mol. The molecule has 9 aliphatic rings. The standard InChI is InChI=1S/C28H29N5.C26H25N3O2.C24H22N6O.C23H20N4.C21H19N3O3S/c1-32-12-14-33(15-13-32)26-11-8-18-6-7-19(16-22(18)26)28-21-5-3-2-4-20(21)27-23-17-29-31-24(23)9-10-25(27)30-28;30-18-11-9-16(10-12-18)25-20-8-4-3-7-19(20)24-21-15-27-29(23(21)14-13-22(24)28-25)26(31)17-5-1-2-6-17;1-30-13-12-20(29-30)26-24-22-19(27-28-24)11-10-18-21(22)16-4-2-3-5-17(16)23(25-18)14-6-8-15(31)9-7-14;24-19-8-7-13-5-6-14(11-17(13)19)23-16-4-2-1-3-15(16)22-18-12-25-27-20(18)9-10-21(22)26-23;1-28(26,27)24-19-11-10-18-20(17(19)12-22-24)15-4-2-3-5-16(15)21(23-18)13-6-8-14(25)9-7-13/h6-7,9-11,16-17H,2-5,8,12-15H2,1H3,(H,29,31);9-15,17,30H,1-8H2;6-13,31H,2-5H2,1H3,(H2,26,27,28,29);5-6,8-12H,1-4,7,24H2,(H,25,27);6-12,25H,2-5H2,1H3. The number of piperazine rings is 1. The number of benzene rings is 10. The fraction of sp³-hybridized carbons (Fsp3) is 0.279. The van der Waals surface area contributed by atoms with E-state index in [2.05, 4.69) is 147 Å². The quantitative estimate of drug-likeness (QED) is 0.0630. The van der Waals surface area contributed by atoms with E-state index in [1.165, 1.54) is 159 Å². The van der Waals surface area contributed by atoms with E-state index in [0.29, 0.717) is 5.52 Å². The van der Waals surface area contributed by atoms with E-state index >= 15 is 0 Å². The van der Waals surface area contributed by atoms with Crippen LogP contribution in [0, 0.1) is 5.92 Å². The van der Waals surface area contributed by atoms with Crippen LogP contribution in [0.4, 0.5) is 11.6 Å². The van der Waals surface area contributed by atoms with Crippen molar-refractivity contribution in [3.8, 4) is 73.5 Å². The number of aryl methyl sites for hydroxylation is 6. The van der Waals surface area contributed by atoms with Crippen LogP contribution in [-0.4, -0.2) is 163 Å². The Bertz CT molecular complexity index is 9230. The van der Waals surface area contributed by atoms with E-state index in [0.717, 1.165) is 305 Å². The highest BCUT2D eigenvalue weighted by Crippen LogP contribution is 2.49. The van der Waals surface area contributed by atoms with Gasteiger partial charge in [0.25, 0.3) is 15.9 Å². The highest BCUT2D eigenvalue weighted by molar-refractivity contribution is 7.89. The number of nitrogens with two attached hydrogens (primary N) is 1. The second-order valence-corrected chi connectivity index (χ2v) is 43.7. The lowest BCUT2D eigenvalue weighted by Gasteiger charge is -2.35. The van der Waals surface area contributed by atoms with Gasteiger partial charge in [-0.15, -0.1) is 0 Å². The summed E-state index contributed by atoms with van der Waals surface area (Å²) in [7, 11) is 0.648. The monoisotopic (exact) mass is 2000 g/mol. The number of pyridine rings is 5. The molecule has 9 N–H and O–H groups in total. The van der Waals surface area contributed by atoms with Crippen LogP contribution in [0.25, 0.3) is 177 Å². The van der Waals surface area contributed by atoms with Gasteiger partial charge >= 0.3 is 0 Å². The number of fused-ring (bicyclic) bond motifs is 27. The summed E-state index contributed by atoms with van der Waals surface area (Å²) in [5.41, 5.74) is 47.7. The molecule has 2 fully saturated rings. The molecule has 750 valence electrons. The third-order valence-corrected chi connectivity index (χ3v) is 33.6. The molecule has 28 heteroatoms. The van der Waals surface area contributed by atoms with E-state index < -0.39 is 10.0 Å². The van der Waals surface area contributed by atoms with Gasteiger partial charge in [-0.2, -0.15) is 39.4 Å². The molecular formula is C122H115N21O6S. The predicted octanol–water partition coefficient (Wildman–Crippen LogP) is 23.5. The number of phenolic OH excluding ortho intramolecular Hbond substituents is 3. The lowest BCUT2D eigenvalue weighted by molar-refractivity contribution is 0.0826. The molecule has 27 nitrogen and oxygen atoms in total. The van der Waals surface area contributed by atoms with Gasteiger partial charge < -0.3 is 36.2 Å². The Kier molecular flexibility index (Phi) is 23.9. The maximum atomic E-state index is 13.1. The molecule has 1 saturated heterocycles. The van der Waals surface area contributed by atoms with Gasteiger partial charge in [0.15, 0.2) is 11.6 Å². The predicted molar refractivity (Wildman–Crippen MR) is 596 cm³/mol. The fourth-order valence-corrected chi connectivity index (χ4v) is 26.0. The number of carbonyl (C=O) groups is 1. The molecular weight excluding hydrogens is 1890 g/mol. The Morgan fingerprint density at radius 1 is 0.400 bits per heavy atom. The zero-order valence-electron chi connectivity index (χ0n) is 84.3. The van der Waals surface area contributed by atoms with Crippen LogP contribution in [0.5, 0.6) is 17.2 Å². The Morgan fingerprint density at radius 3 is 1.27 bits per heavy atom. The SMILES string of the molecule is CN1CCN(C2=CCc3ccc(-c4nc5ccc6[nH]ncc6c5c5c4CCCC5)cc32)CC1.CS(=O)(=O)n1ncc2c3c4c(c(-c5ccc(O)cc5)nc3ccc21)CCCC4.Cn1ccc(Nc2n[nH]c3ccc4nc(-c5ccc(O)cc5)c5c(c4c23)CCCC5)n1.NC1=CCc2ccc(-c3nc4ccc5[nH]ncc5c4c4c3CCCC4)cc21.O=C(C1CCCC1)n1ncc2c3c4c(c(-c5ccc(O)cc5)nc3ccc21)CCCC4. The number of nitrogens with zero attached hydrogens (tertiary/aromatic N) is 16. The van der Waals surface area contributed by atoms with Gasteiger partial charge in [0, 0.05) is 150 Å². The summed E-state index contributed by atoms with van der Waals surface area (Å²) in [6.07, 6.45) is 43.3. The van der Waals surface area contributed by atoms with Gasteiger partial charge in [0.1, 0.15) is 17.2 Å². The van der Waals surface area contributed by atoms with Gasteiger partial charge in [-0.05, 0) is 374 Å². The molecule has 1 aliphatic heterocycles. The first-order chi connectivity index (χ1) is 73.4. The maximum absolute atomic E-state index is 13.1. The number of allylic oxidation sites excluding steroid dienone is 2. The molecule has 1 saturated carbocycles. The summed E-state index contributed by atoms with van der Waals surface area (Å²) in [5.74, 6) is 2.52. The molecule has 30 rings (SSSR count). The normalized spacial score (nSPS) is 15.9. The van der Waals surface area contributed by atoms with Crippen molar-refractivity contribution < 1.29 is 28.5 Å². The summed E-state index contributed by atoms with van der Waals surface area (Å²) in [6, 6.07) is 57.7. The van der Waals surface area contributed by atoms with Crippen molar-refractivity contribution in [2.45, 2.75) is 167 Å². The topological polar surface area (TPSA) is 360 Å². The fourth-order valence-electron chi connectivity index (χ4n) is 25.3. The summed E-state index contributed by atoms with van der Waals surface area (Å²) in [5, 5.41) is 79.3. The summed E-state index contributed by atoms with van der Waals surface area (Å²) in [6.45, 7) is 4.48. The minimum atomic E-state index is -3.47. The second kappa shape index (κ2) is 38.4. The van der Waals surface area contributed by atoms with Crippen LogP contribution in [0.3, 0.4) is 0 Å². The van der Waals surface area contributed by atoms with Gasteiger partial charge in [-0.1, -0.05) is 49.3 Å². The Hall–Kier alpha value is -16.3. The zero-order valence-corrected chi connectivity index (χ0v) is 85.1. The minimum Gasteiger partial charge on any atom is -0.508 e. The van der Waals surface area contributed by atoms with Crippen molar-refractivity contribution in [3.63, 3.8) is 0 Å². The molecule has 10 aromatic carbocycles. The molecule has 150 heavy (non-hydrogen) atoms. The number of aromatic nitrogens is 17. The highest BCUT2D eigenvalue weighted by Gasteiger charge is 2.34. The number of hydrogen-bond donors (Lipinski definition) is 8. The van der Waals surface area contributed by atoms with Crippen molar-refractivity contribution >= 4 is 148 Å². The summed E-state index contributed by atoms with van der Waals surface area (Å²) >= 11 is 0. The number of nitrogens with one attached hydrogen (secondary N) is 4. The van der Waals surface area contributed by atoms with Crippen LogP contribution >= 0.6 is 0 Å². The molecule has 0 spiro atoms. The number of aromatic amines is 3. The molecule has 0 amide bonds. The minimum absolute atomic E-state index is 0.0997. The van der Waals surface area contributed by atoms with E-state index in [-0.39, 0.29) is 29.1 Å². The number of anilines is 2. The van der Waals surface area contributed by atoms with Crippen LogP contribution in [0.1, 0.15) is 173 Å². The Labute approximate surface area is 865 Å². The van der Waals surface area contributed by atoms with Crippen molar-refractivity contribution in [1.82, 2.24) is 94.1 Å².